The molecule has 2 aromatic rings. The maximum absolute atomic E-state index is 13.5. The lowest BCUT2D eigenvalue weighted by atomic mass is 9.95. The zero-order valence-electron chi connectivity index (χ0n) is 15.0. The van der Waals surface area contributed by atoms with Gasteiger partial charge in [-0.2, -0.15) is 0 Å². The maximum atomic E-state index is 13.5. The number of para-hydroxylation sites is 1. The Hall–Kier alpha value is -2.89. The van der Waals surface area contributed by atoms with Crippen molar-refractivity contribution in [1.29, 1.82) is 0 Å². The van der Waals surface area contributed by atoms with Gasteiger partial charge in [0.25, 0.3) is 11.8 Å². The quantitative estimate of drug-likeness (QED) is 0.810. The van der Waals surface area contributed by atoms with Gasteiger partial charge in [-0.15, -0.1) is 0 Å². The molecule has 1 saturated carbocycles. The molecule has 0 aromatic heterocycles. The van der Waals surface area contributed by atoms with E-state index in [0.717, 1.165) is 25.7 Å². The van der Waals surface area contributed by atoms with E-state index in [4.69, 9.17) is 4.74 Å². The molecule has 0 spiro atoms. The number of nitrogens with one attached hydrogen (secondary N) is 2. The van der Waals surface area contributed by atoms with Gasteiger partial charge in [0, 0.05) is 11.6 Å². The van der Waals surface area contributed by atoms with Crippen LogP contribution < -0.4 is 15.4 Å². The molecule has 142 valence electrons. The van der Waals surface area contributed by atoms with Crippen LogP contribution in [0.25, 0.3) is 0 Å². The number of carbonyl (C=O) groups excluding carboxylic acids is 2. The Bertz CT molecular complexity index is 786. The van der Waals surface area contributed by atoms with Crippen molar-refractivity contribution in [3.63, 3.8) is 0 Å². The normalized spacial score (nSPS) is 14.4. The Kier molecular flexibility index (Phi) is 6.41. The Morgan fingerprint density at radius 3 is 2.41 bits per heavy atom. The zero-order valence-corrected chi connectivity index (χ0v) is 15.0. The molecule has 0 saturated heterocycles. The highest BCUT2D eigenvalue weighted by atomic mass is 19.1. The highest BCUT2D eigenvalue weighted by Crippen LogP contribution is 2.19. The standard InChI is InChI=1S/C21H23FN2O3/c22-18-8-4-5-9-19(18)24-20(25)14-27-17-12-10-15(11-13-17)21(26)23-16-6-2-1-3-7-16/h4-5,8-13,16H,1-3,6-7,14H2,(H,23,26)(H,24,25). The van der Waals surface area contributed by atoms with Gasteiger partial charge in [-0.25, -0.2) is 4.39 Å². The summed E-state index contributed by atoms with van der Waals surface area (Å²) < 4.78 is 18.9. The first-order valence-electron chi connectivity index (χ1n) is 9.20. The summed E-state index contributed by atoms with van der Waals surface area (Å²) >= 11 is 0. The van der Waals surface area contributed by atoms with Crippen LogP contribution in [0.2, 0.25) is 0 Å². The van der Waals surface area contributed by atoms with Gasteiger partial charge >= 0.3 is 0 Å². The Morgan fingerprint density at radius 2 is 1.70 bits per heavy atom. The van der Waals surface area contributed by atoms with Gasteiger partial charge < -0.3 is 15.4 Å². The predicted octanol–water partition coefficient (Wildman–Crippen LogP) is 3.91. The van der Waals surface area contributed by atoms with Crippen molar-refractivity contribution in [3.8, 4) is 5.75 Å². The van der Waals surface area contributed by atoms with Crippen LogP contribution in [-0.2, 0) is 4.79 Å². The SMILES string of the molecule is O=C(COc1ccc(C(=O)NC2CCCCC2)cc1)Nc1ccccc1F. The fraction of sp³-hybridized carbons (Fsp3) is 0.333. The van der Waals surface area contributed by atoms with Crippen LogP contribution in [0.1, 0.15) is 42.5 Å². The lowest BCUT2D eigenvalue weighted by Crippen LogP contribution is -2.36. The van der Waals surface area contributed by atoms with Crippen molar-refractivity contribution < 1.29 is 18.7 Å². The second-order valence-electron chi connectivity index (χ2n) is 6.65. The number of amides is 2. The summed E-state index contributed by atoms with van der Waals surface area (Å²) in [5.74, 6) is -0.586. The van der Waals surface area contributed by atoms with E-state index >= 15 is 0 Å². The predicted molar refractivity (Wildman–Crippen MR) is 101 cm³/mol. The van der Waals surface area contributed by atoms with Crippen LogP contribution in [0.3, 0.4) is 0 Å². The number of halogens is 1. The van der Waals surface area contributed by atoms with Crippen molar-refractivity contribution >= 4 is 17.5 Å². The van der Waals surface area contributed by atoms with Crippen molar-refractivity contribution in [1.82, 2.24) is 5.32 Å². The van der Waals surface area contributed by atoms with Gasteiger partial charge in [-0.3, -0.25) is 9.59 Å². The van der Waals surface area contributed by atoms with Crippen LogP contribution in [0.15, 0.2) is 48.5 Å². The highest BCUT2D eigenvalue weighted by molar-refractivity contribution is 5.94. The second kappa shape index (κ2) is 9.16. The van der Waals surface area contributed by atoms with Crippen LogP contribution in [0.5, 0.6) is 5.75 Å². The molecule has 0 aliphatic heterocycles. The lowest BCUT2D eigenvalue weighted by molar-refractivity contribution is -0.118. The van der Waals surface area contributed by atoms with E-state index in [9.17, 15) is 14.0 Å². The van der Waals surface area contributed by atoms with E-state index in [2.05, 4.69) is 10.6 Å². The third-order valence-electron chi connectivity index (χ3n) is 4.57. The largest absolute Gasteiger partial charge is 0.484 e. The van der Waals surface area contributed by atoms with Crippen LogP contribution in [0.4, 0.5) is 10.1 Å². The molecule has 3 rings (SSSR count). The molecule has 2 amide bonds. The summed E-state index contributed by atoms with van der Waals surface area (Å²) in [6.07, 6.45) is 5.62. The summed E-state index contributed by atoms with van der Waals surface area (Å²) in [6, 6.07) is 12.8. The summed E-state index contributed by atoms with van der Waals surface area (Å²) in [5.41, 5.74) is 0.671. The zero-order chi connectivity index (χ0) is 19.1. The first kappa shape index (κ1) is 18.9. The van der Waals surface area contributed by atoms with Crippen molar-refractivity contribution in [2.45, 2.75) is 38.1 Å². The Morgan fingerprint density at radius 1 is 1.00 bits per heavy atom. The maximum Gasteiger partial charge on any atom is 0.262 e. The molecular weight excluding hydrogens is 347 g/mol. The van der Waals surface area contributed by atoms with Gasteiger partial charge in [-0.1, -0.05) is 31.4 Å². The Balaban J connectivity index is 1.48. The van der Waals surface area contributed by atoms with Crippen molar-refractivity contribution in [3.05, 3.63) is 59.9 Å². The lowest BCUT2D eigenvalue weighted by Gasteiger charge is -2.22. The van der Waals surface area contributed by atoms with E-state index in [1.807, 2.05) is 0 Å². The minimum absolute atomic E-state index is 0.0919. The van der Waals surface area contributed by atoms with E-state index in [1.54, 1.807) is 36.4 Å². The molecule has 0 bridgehead atoms. The number of hydrogen-bond donors (Lipinski definition) is 2. The molecule has 1 aliphatic carbocycles. The minimum Gasteiger partial charge on any atom is -0.484 e. The summed E-state index contributed by atoms with van der Waals surface area (Å²) in [6.45, 7) is -0.248. The molecule has 0 atom stereocenters. The number of ether oxygens (including phenoxy) is 1. The second-order valence-corrected chi connectivity index (χ2v) is 6.65. The summed E-state index contributed by atoms with van der Waals surface area (Å²) in [7, 11) is 0. The average molecular weight is 370 g/mol. The monoisotopic (exact) mass is 370 g/mol. The fourth-order valence-electron chi connectivity index (χ4n) is 3.12. The van der Waals surface area contributed by atoms with Crippen LogP contribution >= 0.6 is 0 Å². The fourth-order valence-corrected chi connectivity index (χ4v) is 3.12. The summed E-state index contributed by atoms with van der Waals surface area (Å²) in [4.78, 5) is 24.1. The molecule has 27 heavy (non-hydrogen) atoms. The smallest absolute Gasteiger partial charge is 0.262 e. The van der Waals surface area contributed by atoms with E-state index in [0.29, 0.717) is 11.3 Å². The topological polar surface area (TPSA) is 67.4 Å². The molecule has 2 N–H and O–H groups in total. The van der Waals surface area contributed by atoms with Gasteiger partial charge in [0.05, 0.1) is 5.69 Å². The molecule has 5 nitrogen and oxygen atoms in total. The molecule has 0 unspecified atom stereocenters. The third kappa shape index (κ3) is 5.54. The van der Waals surface area contributed by atoms with Gasteiger partial charge in [0.1, 0.15) is 11.6 Å². The minimum atomic E-state index is -0.501. The summed E-state index contributed by atoms with van der Waals surface area (Å²) in [5, 5.41) is 5.51. The van der Waals surface area contributed by atoms with E-state index in [-0.39, 0.29) is 24.2 Å². The van der Waals surface area contributed by atoms with Crippen LogP contribution in [0, 0.1) is 5.82 Å². The molecule has 2 aromatic carbocycles. The number of hydrogen-bond acceptors (Lipinski definition) is 3. The van der Waals surface area contributed by atoms with Crippen molar-refractivity contribution in [2.24, 2.45) is 0 Å². The first-order valence-corrected chi connectivity index (χ1v) is 9.20. The molecule has 6 heteroatoms. The first-order chi connectivity index (χ1) is 13.1. The molecule has 1 aliphatic rings. The molecular formula is C21H23FN2O3. The number of anilines is 1. The molecule has 1 fully saturated rings. The molecule has 0 heterocycles. The van der Waals surface area contributed by atoms with E-state index in [1.165, 1.54) is 18.6 Å². The van der Waals surface area contributed by atoms with E-state index < -0.39 is 11.7 Å². The van der Waals surface area contributed by atoms with Crippen LogP contribution in [-0.4, -0.2) is 24.5 Å². The van der Waals surface area contributed by atoms with Gasteiger partial charge in [0.15, 0.2) is 6.61 Å². The average Bonchev–Trinajstić information content (AvgIpc) is 2.69. The number of carbonyl (C=O) groups is 2. The highest BCUT2D eigenvalue weighted by Gasteiger charge is 2.16. The number of benzene rings is 2. The van der Waals surface area contributed by atoms with Gasteiger partial charge in [-0.05, 0) is 49.2 Å². The third-order valence-corrected chi connectivity index (χ3v) is 4.57. The van der Waals surface area contributed by atoms with Crippen molar-refractivity contribution in [2.75, 3.05) is 11.9 Å². The number of rotatable bonds is 6. The van der Waals surface area contributed by atoms with Gasteiger partial charge in [0.2, 0.25) is 0 Å². The Labute approximate surface area is 157 Å². The molecule has 0 radical (unpaired) electrons.